The van der Waals surface area contributed by atoms with Crippen molar-refractivity contribution in [3.8, 4) is 17.0 Å². The molecule has 1 aromatic heterocycles. The number of rotatable bonds is 2. The third kappa shape index (κ3) is 2.09. The fraction of sp³-hybridized carbons (Fsp3) is 0.176. The first-order chi connectivity index (χ1) is 10.1. The van der Waals surface area contributed by atoms with Crippen molar-refractivity contribution in [1.29, 1.82) is 0 Å². The second-order valence-electron chi connectivity index (χ2n) is 5.04. The molecule has 0 amide bonds. The average Bonchev–Trinajstić information content (AvgIpc) is 2.51. The van der Waals surface area contributed by atoms with Crippen LogP contribution in [0.2, 0.25) is 0 Å². The predicted molar refractivity (Wildman–Crippen MR) is 83.8 cm³/mol. The summed E-state index contributed by atoms with van der Waals surface area (Å²) in [5.74, 6) is 0.791. The second kappa shape index (κ2) is 5.05. The third-order valence-corrected chi connectivity index (χ3v) is 3.83. The first-order valence-electron chi connectivity index (χ1n) is 6.75. The molecule has 0 bridgehead atoms. The van der Waals surface area contributed by atoms with Gasteiger partial charge in [0.05, 0.1) is 12.5 Å². The predicted octanol–water partition coefficient (Wildman–Crippen LogP) is 3.22. The Kier molecular flexibility index (Phi) is 3.22. The first-order valence-corrected chi connectivity index (χ1v) is 6.75. The van der Waals surface area contributed by atoms with Crippen molar-refractivity contribution in [2.75, 3.05) is 7.11 Å². The minimum absolute atomic E-state index is 0.183. The minimum Gasteiger partial charge on any atom is -0.496 e. The molecule has 106 valence electrons. The quantitative estimate of drug-likeness (QED) is 0.784. The molecule has 0 atom stereocenters. The molecule has 4 nitrogen and oxygen atoms in total. The SMILES string of the molecule is COc1c(-c2n[nH]c(=O)c3ccccc23)ccc(C)c1C. The highest BCUT2D eigenvalue weighted by Gasteiger charge is 2.15. The number of fused-ring (bicyclic) bond motifs is 1. The molecular weight excluding hydrogens is 264 g/mol. The van der Waals surface area contributed by atoms with E-state index in [1.807, 2.05) is 44.2 Å². The monoisotopic (exact) mass is 280 g/mol. The number of ether oxygens (including phenoxy) is 1. The van der Waals surface area contributed by atoms with Crippen LogP contribution in [0.3, 0.4) is 0 Å². The van der Waals surface area contributed by atoms with E-state index in [0.717, 1.165) is 33.5 Å². The van der Waals surface area contributed by atoms with Crippen LogP contribution in [0.1, 0.15) is 11.1 Å². The molecular formula is C17H16N2O2. The number of aromatic amines is 1. The summed E-state index contributed by atoms with van der Waals surface area (Å²) in [6.45, 7) is 4.06. The molecule has 3 aromatic rings. The molecule has 0 aliphatic heterocycles. The summed E-state index contributed by atoms with van der Waals surface area (Å²) in [5.41, 5.74) is 3.66. The number of aryl methyl sites for hydroxylation is 1. The van der Waals surface area contributed by atoms with Crippen LogP contribution < -0.4 is 10.3 Å². The Labute approximate surface area is 122 Å². The Morgan fingerprint density at radius 3 is 2.48 bits per heavy atom. The normalized spacial score (nSPS) is 10.8. The molecule has 0 spiro atoms. The van der Waals surface area contributed by atoms with E-state index in [9.17, 15) is 4.79 Å². The zero-order chi connectivity index (χ0) is 15.0. The van der Waals surface area contributed by atoms with Crippen LogP contribution >= 0.6 is 0 Å². The van der Waals surface area contributed by atoms with Crippen LogP contribution in [-0.2, 0) is 0 Å². The van der Waals surface area contributed by atoms with Gasteiger partial charge in [-0.2, -0.15) is 5.10 Å². The number of benzene rings is 2. The van der Waals surface area contributed by atoms with Gasteiger partial charge in [-0.25, -0.2) is 5.10 Å². The van der Waals surface area contributed by atoms with E-state index >= 15 is 0 Å². The van der Waals surface area contributed by atoms with Crippen molar-refractivity contribution < 1.29 is 4.74 Å². The van der Waals surface area contributed by atoms with E-state index in [-0.39, 0.29) is 5.56 Å². The van der Waals surface area contributed by atoms with Gasteiger partial charge in [0.25, 0.3) is 5.56 Å². The second-order valence-corrected chi connectivity index (χ2v) is 5.04. The van der Waals surface area contributed by atoms with Crippen molar-refractivity contribution in [3.63, 3.8) is 0 Å². The Balaban J connectivity index is 2.39. The van der Waals surface area contributed by atoms with Crippen LogP contribution in [0.4, 0.5) is 0 Å². The maximum absolute atomic E-state index is 11.9. The van der Waals surface area contributed by atoms with E-state index in [4.69, 9.17) is 4.74 Å². The Morgan fingerprint density at radius 2 is 1.76 bits per heavy atom. The van der Waals surface area contributed by atoms with Crippen molar-refractivity contribution >= 4 is 10.8 Å². The molecule has 1 heterocycles. The van der Waals surface area contributed by atoms with E-state index in [1.165, 1.54) is 0 Å². The van der Waals surface area contributed by atoms with Gasteiger partial charge < -0.3 is 4.74 Å². The molecule has 21 heavy (non-hydrogen) atoms. The standard InChI is InChI=1S/C17H16N2O2/c1-10-8-9-14(16(21-3)11(10)2)15-12-6-4-5-7-13(12)17(20)19-18-15/h4-9H,1-3H3,(H,19,20). The van der Waals surface area contributed by atoms with Crippen LogP contribution in [0.15, 0.2) is 41.2 Å². The van der Waals surface area contributed by atoms with Crippen LogP contribution in [-0.4, -0.2) is 17.3 Å². The fourth-order valence-electron chi connectivity index (χ4n) is 2.56. The summed E-state index contributed by atoms with van der Waals surface area (Å²) in [6, 6.07) is 11.5. The molecule has 0 saturated carbocycles. The van der Waals surface area contributed by atoms with E-state index in [2.05, 4.69) is 10.2 Å². The molecule has 4 heteroatoms. The van der Waals surface area contributed by atoms with Gasteiger partial charge in [0.15, 0.2) is 0 Å². The van der Waals surface area contributed by atoms with E-state index < -0.39 is 0 Å². The lowest BCUT2D eigenvalue weighted by molar-refractivity contribution is 0.413. The van der Waals surface area contributed by atoms with Gasteiger partial charge in [0, 0.05) is 10.9 Å². The maximum Gasteiger partial charge on any atom is 0.272 e. The van der Waals surface area contributed by atoms with Gasteiger partial charge >= 0.3 is 0 Å². The third-order valence-electron chi connectivity index (χ3n) is 3.83. The van der Waals surface area contributed by atoms with Crippen molar-refractivity contribution in [1.82, 2.24) is 10.2 Å². The summed E-state index contributed by atoms with van der Waals surface area (Å²) < 4.78 is 5.56. The van der Waals surface area contributed by atoms with Crippen molar-refractivity contribution in [2.45, 2.75) is 13.8 Å². The highest BCUT2D eigenvalue weighted by atomic mass is 16.5. The molecule has 3 rings (SSSR count). The largest absolute Gasteiger partial charge is 0.496 e. The van der Waals surface area contributed by atoms with Crippen molar-refractivity contribution in [2.24, 2.45) is 0 Å². The van der Waals surface area contributed by atoms with Gasteiger partial charge in [-0.15, -0.1) is 0 Å². The number of aromatic nitrogens is 2. The molecule has 0 aliphatic rings. The lowest BCUT2D eigenvalue weighted by atomic mass is 9.99. The smallest absolute Gasteiger partial charge is 0.272 e. The number of nitrogens with one attached hydrogen (secondary N) is 1. The molecule has 0 fully saturated rings. The molecule has 0 aliphatic carbocycles. The van der Waals surface area contributed by atoms with E-state index in [0.29, 0.717) is 5.39 Å². The lowest BCUT2D eigenvalue weighted by Crippen LogP contribution is -2.09. The van der Waals surface area contributed by atoms with E-state index in [1.54, 1.807) is 13.2 Å². The number of hydrogen-bond acceptors (Lipinski definition) is 3. The first kappa shape index (κ1) is 13.4. The van der Waals surface area contributed by atoms with Crippen LogP contribution in [0.25, 0.3) is 22.0 Å². The highest BCUT2D eigenvalue weighted by molar-refractivity contribution is 5.95. The summed E-state index contributed by atoms with van der Waals surface area (Å²) in [6.07, 6.45) is 0. The van der Waals surface area contributed by atoms with Gasteiger partial charge in [-0.1, -0.05) is 24.3 Å². The van der Waals surface area contributed by atoms with Gasteiger partial charge in [-0.05, 0) is 37.1 Å². The van der Waals surface area contributed by atoms with Gasteiger partial charge in [0.1, 0.15) is 11.4 Å². The van der Waals surface area contributed by atoms with Gasteiger partial charge in [-0.3, -0.25) is 4.79 Å². The highest BCUT2D eigenvalue weighted by Crippen LogP contribution is 2.35. The average molecular weight is 280 g/mol. The van der Waals surface area contributed by atoms with Gasteiger partial charge in [0.2, 0.25) is 0 Å². The molecule has 0 radical (unpaired) electrons. The number of hydrogen-bond donors (Lipinski definition) is 1. The summed E-state index contributed by atoms with van der Waals surface area (Å²) in [7, 11) is 1.65. The summed E-state index contributed by atoms with van der Waals surface area (Å²) >= 11 is 0. The van der Waals surface area contributed by atoms with Crippen LogP contribution in [0.5, 0.6) is 5.75 Å². The lowest BCUT2D eigenvalue weighted by Gasteiger charge is -2.14. The number of nitrogens with zero attached hydrogens (tertiary/aromatic N) is 1. The topological polar surface area (TPSA) is 55.0 Å². The zero-order valence-corrected chi connectivity index (χ0v) is 12.2. The number of methoxy groups -OCH3 is 1. The fourth-order valence-corrected chi connectivity index (χ4v) is 2.56. The Bertz CT molecular complexity index is 882. The maximum atomic E-state index is 11.9. The summed E-state index contributed by atoms with van der Waals surface area (Å²) in [5, 5.41) is 8.25. The summed E-state index contributed by atoms with van der Waals surface area (Å²) in [4.78, 5) is 11.9. The van der Waals surface area contributed by atoms with Crippen LogP contribution in [0, 0.1) is 13.8 Å². The minimum atomic E-state index is -0.183. The molecule has 1 N–H and O–H groups in total. The molecule has 0 saturated heterocycles. The zero-order valence-electron chi connectivity index (χ0n) is 12.2. The number of H-pyrrole nitrogens is 1. The Morgan fingerprint density at radius 1 is 1.05 bits per heavy atom. The molecule has 0 unspecified atom stereocenters. The Hall–Kier alpha value is -2.62. The molecule has 2 aromatic carbocycles. The van der Waals surface area contributed by atoms with Crippen molar-refractivity contribution in [3.05, 3.63) is 57.9 Å².